The van der Waals surface area contributed by atoms with Gasteiger partial charge in [0.25, 0.3) is 0 Å². The lowest BCUT2D eigenvalue weighted by Gasteiger charge is -2.29. The largest absolute Gasteiger partial charge is 0.393 e. The highest BCUT2D eigenvalue weighted by molar-refractivity contribution is 7.89. The summed E-state index contributed by atoms with van der Waals surface area (Å²) in [7, 11) is -3.42. The van der Waals surface area contributed by atoms with Gasteiger partial charge in [0.2, 0.25) is 15.9 Å². The van der Waals surface area contributed by atoms with E-state index < -0.39 is 10.0 Å². The molecule has 1 amide bonds. The molecular formula is C18H26N2O4S. The van der Waals surface area contributed by atoms with Gasteiger partial charge in [-0.3, -0.25) is 4.79 Å². The van der Waals surface area contributed by atoms with Crippen LogP contribution in [0.2, 0.25) is 0 Å². The molecule has 0 bridgehead atoms. The normalized spacial score (nSPS) is 20.6. The summed E-state index contributed by atoms with van der Waals surface area (Å²) in [5.74, 6) is 0.0264. The first kappa shape index (κ1) is 18.4. The lowest BCUT2D eigenvalue weighted by molar-refractivity contribution is -0.132. The number of carbonyl (C=O) groups excluding carboxylic acids is 1. The molecule has 0 unspecified atom stereocenters. The van der Waals surface area contributed by atoms with E-state index in [-0.39, 0.29) is 18.4 Å². The van der Waals surface area contributed by atoms with Crippen LogP contribution in [0.5, 0.6) is 0 Å². The van der Waals surface area contributed by atoms with Gasteiger partial charge in [0.15, 0.2) is 0 Å². The van der Waals surface area contributed by atoms with Crippen molar-refractivity contribution in [1.29, 1.82) is 0 Å². The van der Waals surface area contributed by atoms with Crippen molar-refractivity contribution < 1.29 is 18.3 Å². The van der Waals surface area contributed by atoms with Crippen molar-refractivity contribution in [2.75, 3.05) is 26.2 Å². The Morgan fingerprint density at radius 1 is 1.00 bits per heavy atom. The maximum Gasteiger partial charge on any atom is 0.243 e. The van der Waals surface area contributed by atoms with E-state index in [9.17, 15) is 18.3 Å². The third kappa shape index (κ3) is 4.40. The molecule has 1 aromatic carbocycles. The number of benzene rings is 1. The Morgan fingerprint density at radius 3 is 2.20 bits per heavy atom. The molecule has 138 valence electrons. The number of hydrogen-bond acceptors (Lipinski definition) is 4. The highest BCUT2D eigenvalue weighted by Crippen LogP contribution is 2.21. The molecule has 2 saturated heterocycles. The molecule has 2 fully saturated rings. The van der Waals surface area contributed by atoms with E-state index in [0.717, 1.165) is 24.8 Å². The second-order valence-electron chi connectivity index (χ2n) is 6.90. The average Bonchev–Trinajstić information content (AvgIpc) is 2.63. The maximum atomic E-state index is 12.6. The fourth-order valence-electron chi connectivity index (χ4n) is 3.44. The Kier molecular flexibility index (Phi) is 5.76. The van der Waals surface area contributed by atoms with Crippen molar-refractivity contribution in [3.05, 3.63) is 29.8 Å². The number of sulfonamides is 1. The van der Waals surface area contributed by atoms with E-state index in [1.54, 1.807) is 33.5 Å². The van der Waals surface area contributed by atoms with Crippen LogP contribution in [0.3, 0.4) is 0 Å². The quantitative estimate of drug-likeness (QED) is 0.873. The summed E-state index contributed by atoms with van der Waals surface area (Å²) in [6.07, 6.45) is 4.12. The first-order valence-electron chi connectivity index (χ1n) is 9.02. The SMILES string of the molecule is O=C(Cc1ccc(S(=O)(=O)N2CCCCC2)cc1)N1CCC(O)CC1. The molecule has 0 aromatic heterocycles. The number of hydrogen-bond donors (Lipinski definition) is 1. The molecule has 0 radical (unpaired) electrons. The second-order valence-corrected chi connectivity index (χ2v) is 8.84. The van der Waals surface area contributed by atoms with Gasteiger partial charge in [-0.25, -0.2) is 8.42 Å². The Hall–Kier alpha value is -1.44. The number of nitrogens with zero attached hydrogens (tertiary/aromatic N) is 2. The van der Waals surface area contributed by atoms with Crippen LogP contribution >= 0.6 is 0 Å². The molecule has 2 aliphatic rings. The number of carbonyl (C=O) groups is 1. The molecule has 25 heavy (non-hydrogen) atoms. The monoisotopic (exact) mass is 366 g/mol. The maximum absolute atomic E-state index is 12.6. The molecule has 2 heterocycles. The van der Waals surface area contributed by atoms with Crippen molar-refractivity contribution in [2.24, 2.45) is 0 Å². The lowest BCUT2D eigenvalue weighted by atomic mass is 10.1. The highest BCUT2D eigenvalue weighted by atomic mass is 32.2. The van der Waals surface area contributed by atoms with Gasteiger partial charge in [0, 0.05) is 26.2 Å². The molecule has 1 N–H and O–H groups in total. The Labute approximate surface area is 149 Å². The van der Waals surface area contributed by atoms with E-state index in [1.165, 1.54) is 0 Å². The number of likely N-dealkylation sites (tertiary alicyclic amines) is 1. The minimum absolute atomic E-state index is 0.0264. The predicted molar refractivity (Wildman–Crippen MR) is 94.6 cm³/mol. The molecule has 0 aliphatic carbocycles. The van der Waals surface area contributed by atoms with Gasteiger partial charge in [0.1, 0.15) is 0 Å². The van der Waals surface area contributed by atoms with Crippen LogP contribution in [0, 0.1) is 0 Å². The zero-order valence-electron chi connectivity index (χ0n) is 14.4. The summed E-state index contributed by atoms with van der Waals surface area (Å²) in [5.41, 5.74) is 0.814. The Morgan fingerprint density at radius 2 is 1.60 bits per heavy atom. The number of rotatable bonds is 4. The first-order chi connectivity index (χ1) is 12.0. The number of amides is 1. The van der Waals surface area contributed by atoms with Gasteiger partial charge in [-0.2, -0.15) is 4.31 Å². The molecule has 7 heteroatoms. The van der Waals surface area contributed by atoms with Crippen molar-refractivity contribution in [3.8, 4) is 0 Å². The molecule has 0 spiro atoms. The summed E-state index contributed by atoms with van der Waals surface area (Å²) < 4.78 is 26.8. The summed E-state index contributed by atoms with van der Waals surface area (Å²) in [4.78, 5) is 14.4. The Balaban J connectivity index is 1.63. The van der Waals surface area contributed by atoms with Gasteiger partial charge < -0.3 is 10.0 Å². The van der Waals surface area contributed by atoms with Gasteiger partial charge in [-0.1, -0.05) is 18.6 Å². The van der Waals surface area contributed by atoms with Gasteiger partial charge in [-0.05, 0) is 43.4 Å². The molecule has 1 aromatic rings. The van der Waals surface area contributed by atoms with Gasteiger partial charge >= 0.3 is 0 Å². The van der Waals surface area contributed by atoms with Crippen LogP contribution in [0.1, 0.15) is 37.7 Å². The molecule has 6 nitrogen and oxygen atoms in total. The third-order valence-electron chi connectivity index (χ3n) is 5.05. The zero-order valence-corrected chi connectivity index (χ0v) is 15.2. The third-order valence-corrected chi connectivity index (χ3v) is 6.96. The Bertz CT molecular complexity index is 688. The number of aliphatic hydroxyl groups excluding tert-OH is 1. The van der Waals surface area contributed by atoms with Crippen LogP contribution in [-0.2, 0) is 21.2 Å². The van der Waals surface area contributed by atoms with Crippen molar-refractivity contribution in [1.82, 2.24) is 9.21 Å². The molecule has 2 aliphatic heterocycles. The van der Waals surface area contributed by atoms with Crippen molar-refractivity contribution >= 4 is 15.9 Å². The predicted octanol–water partition coefficient (Wildman–Crippen LogP) is 1.39. The fourth-order valence-corrected chi connectivity index (χ4v) is 4.95. The van der Waals surface area contributed by atoms with E-state index in [0.29, 0.717) is 43.9 Å². The zero-order chi connectivity index (χ0) is 17.9. The highest BCUT2D eigenvalue weighted by Gasteiger charge is 2.26. The minimum atomic E-state index is -3.42. The van der Waals surface area contributed by atoms with Crippen LogP contribution in [0.25, 0.3) is 0 Å². The summed E-state index contributed by atoms with van der Waals surface area (Å²) in [6.45, 7) is 2.34. The van der Waals surface area contributed by atoms with Crippen LogP contribution < -0.4 is 0 Å². The van der Waals surface area contributed by atoms with Crippen LogP contribution in [0.15, 0.2) is 29.2 Å². The van der Waals surface area contributed by atoms with E-state index in [4.69, 9.17) is 0 Å². The smallest absolute Gasteiger partial charge is 0.243 e. The topological polar surface area (TPSA) is 77.9 Å². The summed E-state index contributed by atoms with van der Waals surface area (Å²) in [6, 6.07) is 6.67. The minimum Gasteiger partial charge on any atom is -0.393 e. The first-order valence-corrected chi connectivity index (χ1v) is 10.5. The van der Waals surface area contributed by atoms with E-state index >= 15 is 0 Å². The molecule has 0 atom stereocenters. The summed E-state index contributed by atoms with van der Waals surface area (Å²) >= 11 is 0. The second kappa shape index (κ2) is 7.85. The van der Waals surface area contributed by atoms with Gasteiger partial charge in [0.05, 0.1) is 17.4 Å². The van der Waals surface area contributed by atoms with Crippen molar-refractivity contribution in [2.45, 2.75) is 49.5 Å². The molecule has 3 rings (SSSR count). The number of aliphatic hydroxyl groups is 1. The summed E-state index contributed by atoms with van der Waals surface area (Å²) in [5, 5.41) is 9.51. The van der Waals surface area contributed by atoms with Gasteiger partial charge in [-0.15, -0.1) is 0 Å². The van der Waals surface area contributed by atoms with E-state index in [2.05, 4.69) is 0 Å². The average molecular weight is 366 g/mol. The van der Waals surface area contributed by atoms with Crippen LogP contribution in [-0.4, -0.2) is 60.9 Å². The molecular weight excluding hydrogens is 340 g/mol. The van der Waals surface area contributed by atoms with E-state index in [1.807, 2.05) is 0 Å². The number of piperidine rings is 2. The van der Waals surface area contributed by atoms with Crippen LogP contribution in [0.4, 0.5) is 0 Å². The molecule has 0 saturated carbocycles. The fraction of sp³-hybridized carbons (Fsp3) is 0.611. The standard InChI is InChI=1S/C18H26N2O4S/c21-16-8-12-19(13-9-16)18(22)14-15-4-6-17(7-5-15)25(23,24)20-10-2-1-3-11-20/h4-7,16,21H,1-3,8-14H2. The lowest BCUT2D eigenvalue weighted by Crippen LogP contribution is -2.40. The van der Waals surface area contributed by atoms with Crippen molar-refractivity contribution in [3.63, 3.8) is 0 Å².